The molecule has 30 heavy (non-hydrogen) atoms. The van der Waals surface area contributed by atoms with Crippen LogP contribution in [0, 0.1) is 6.92 Å². The molecule has 0 aliphatic carbocycles. The van der Waals surface area contributed by atoms with Gasteiger partial charge in [0.2, 0.25) is 5.91 Å². The lowest BCUT2D eigenvalue weighted by Crippen LogP contribution is -2.49. The van der Waals surface area contributed by atoms with Gasteiger partial charge in [0.05, 0.1) is 17.1 Å². The zero-order chi connectivity index (χ0) is 20.9. The molecule has 6 heteroatoms. The fraction of sp³-hybridized carbons (Fsp3) is 0.333. The Labute approximate surface area is 182 Å². The lowest BCUT2D eigenvalue weighted by molar-refractivity contribution is -0.131. The van der Waals surface area contributed by atoms with Gasteiger partial charge in [-0.15, -0.1) is 0 Å². The zero-order valence-corrected chi connectivity index (χ0v) is 17.9. The van der Waals surface area contributed by atoms with E-state index < -0.39 is 0 Å². The van der Waals surface area contributed by atoms with E-state index in [1.165, 1.54) is 10.9 Å². The van der Waals surface area contributed by atoms with Crippen molar-refractivity contribution in [1.29, 1.82) is 0 Å². The van der Waals surface area contributed by atoms with Crippen LogP contribution in [0.5, 0.6) is 5.75 Å². The number of hydrogen-bond donors (Lipinski definition) is 0. The summed E-state index contributed by atoms with van der Waals surface area (Å²) in [5.41, 5.74) is 2.25. The number of aromatic nitrogens is 1. The predicted octanol–water partition coefficient (Wildman–Crippen LogP) is 4.70. The Kier molecular flexibility index (Phi) is 6.38. The van der Waals surface area contributed by atoms with Gasteiger partial charge >= 0.3 is 0 Å². The van der Waals surface area contributed by atoms with E-state index in [9.17, 15) is 4.79 Å². The first kappa shape index (κ1) is 20.5. The molecule has 156 valence electrons. The number of pyridine rings is 1. The Balaban J connectivity index is 1.26. The quantitative estimate of drug-likeness (QED) is 0.539. The first-order valence-electron chi connectivity index (χ1n) is 10.4. The average Bonchev–Trinajstić information content (AvgIpc) is 2.78. The number of benzene rings is 2. The van der Waals surface area contributed by atoms with Crippen LogP contribution in [0.2, 0.25) is 5.02 Å². The van der Waals surface area contributed by atoms with Crippen molar-refractivity contribution in [2.45, 2.75) is 19.8 Å². The van der Waals surface area contributed by atoms with Crippen LogP contribution in [0.4, 0.5) is 5.82 Å². The van der Waals surface area contributed by atoms with E-state index in [1.807, 2.05) is 35.2 Å². The average molecular weight is 424 g/mol. The second-order valence-electron chi connectivity index (χ2n) is 7.56. The van der Waals surface area contributed by atoms with E-state index in [-0.39, 0.29) is 5.91 Å². The van der Waals surface area contributed by atoms with E-state index >= 15 is 0 Å². The second-order valence-corrected chi connectivity index (χ2v) is 7.97. The highest BCUT2D eigenvalue weighted by Gasteiger charge is 2.22. The van der Waals surface area contributed by atoms with Crippen LogP contribution < -0.4 is 9.64 Å². The molecule has 4 rings (SSSR count). The number of hydrogen-bond acceptors (Lipinski definition) is 4. The number of anilines is 1. The number of carbonyl (C=O) groups is 1. The zero-order valence-electron chi connectivity index (χ0n) is 17.2. The lowest BCUT2D eigenvalue weighted by atomic mass is 10.1. The van der Waals surface area contributed by atoms with Gasteiger partial charge < -0.3 is 14.5 Å². The summed E-state index contributed by atoms with van der Waals surface area (Å²) in [7, 11) is 0. The van der Waals surface area contributed by atoms with Crippen LogP contribution in [0.3, 0.4) is 0 Å². The molecule has 0 saturated carbocycles. The van der Waals surface area contributed by atoms with E-state index in [0.717, 1.165) is 37.5 Å². The fourth-order valence-corrected chi connectivity index (χ4v) is 3.99. The Bertz CT molecular complexity index is 1030. The van der Waals surface area contributed by atoms with Crippen LogP contribution in [-0.4, -0.2) is 48.6 Å². The van der Waals surface area contributed by atoms with Gasteiger partial charge in [-0.1, -0.05) is 41.9 Å². The number of nitrogens with zero attached hydrogens (tertiary/aromatic N) is 3. The minimum absolute atomic E-state index is 0.181. The largest absolute Gasteiger partial charge is 0.492 e. The van der Waals surface area contributed by atoms with Crippen molar-refractivity contribution in [3.63, 3.8) is 0 Å². The molecule has 1 aromatic heterocycles. The first-order chi connectivity index (χ1) is 14.6. The van der Waals surface area contributed by atoms with Crippen molar-refractivity contribution in [2.75, 3.05) is 37.7 Å². The third-order valence-electron chi connectivity index (χ3n) is 5.50. The predicted molar refractivity (Wildman–Crippen MR) is 121 cm³/mol. The topological polar surface area (TPSA) is 45.7 Å². The normalized spacial score (nSPS) is 14.2. The van der Waals surface area contributed by atoms with Crippen molar-refractivity contribution in [3.8, 4) is 5.75 Å². The van der Waals surface area contributed by atoms with Crippen molar-refractivity contribution < 1.29 is 9.53 Å². The molecule has 2 aromatic carbocycles. The third kappa shape index (κ3) is 4.68. The van der Waals surface area contributed by atoms with Gasteiger partial charge in [0.1, 0.15) is 11.6 Å². The molecule has 1 saturated heterocycles. The number of ether oxygens (including phenoxy) is 1. The Hall–Kier alpha value is -2.79. The van der Waals surface area contributed by atoms with Crippen molar-refractivity contribution in [2.24, 2.45) is 0 Å². The summed E-state index contributed by atoms with van der Waals surface area (Å²) in [6.45, 7) is 5.64. The van der Waals surface area contributed by atoms with Crippen LogP contribution in [0.15, 0.2) is 54.6 Å². The summed E-state index contributed by atoms with van der Waals surface area (Å²) >= 11 is 6.08. The van der Waals surface area contributed by atoms with Gasteiger partial charge in [-0.25, -0.2) is 4.98 Å². The molecular formula is C24H26ClN3O2. The van der Waals surface area contributed by atoms with Crippen LogP contribution in [0.25, 0.3) is 10.9 Å². The van der Waals surface area contributed by atoms with Gasteiger partial charge in [0.25, 0.3) is 0 Å². The van der Waals surface area contributed by atoms with Gasteiger partial charge in [0.15, 0.2) is 0 Å². The number of piperazine rings is 1. The molecule has 0 N–H and O–H groups in total. The molecule has 1 aliphatic heterocycles. The molecule has 2 heterocycles. The summed E-state index contributed by atoms with van der Waals surface area (Å²) < 4.78 is 5.68. The maximum Gasteiger partial charge on any atom is 0.222 e. The maximum absolute atomic E-state index is 12.6. The van der Waals surface area contributed by atoms with E-state index in [0.29, 0.717) is 30.2 Å². The lowest BCUT2D eigenvalue weighted by Gasteiger charge is -2.35. The SMILES string of the molecule is Cc1cc(N2CCN(C(=O)CCCOc3ccccc3Cl)CC2)nc2ccccc12. The van der Waals surface area contributed by atoms with Crippen molar-refractivity contribution in [3.05, 3.63) is 65.2 Å². The number of fused-ring (bicyclic) bond motifs is 1. The van der Waals surface area contributed by atoms with E-state index in [4.69, 9.17) is 21.3 Å². The van der Waals surface area contributed by atoms with E-state index in [1.54, 1.807) is 6.07 Å². The Morgan fingerprint density at radius 1 is 1.07 bits per heavy atom. The fourth-order valence-electron chi connectivity index (χ4n) is 3.80. The van der Waals surface area contributed by atoms with Crippen molar-refractivity contribution in [1.82, 2.24) is 9.88 Å². The molecule has 1 amide bonds. The first-order valence-corrected chi connectivity index (χ1v) is 10.8. The maximum atomic E-state index is 12.6. The highest BCUT2D eigenvalue weighted by molar-refractivity contribution is 6.32. The van der Waals surface area contributed by atoms with Crippen LogP contribution in [0.1, 0.15) is 18.4 Å². The number of aryl methyl sites for hydroxylation is 1. The van der Waals surface area contributed by atoms with Gasteiger partial charge in [-0.3, -0.25) is 4.79 Å². The van der Waals surface area contributed by atoms with Gasteiger partial charge in [-0.05, 0) is 43.2 Å². The monoisotopic (exact) mass is 423 g/mol. The molecule has 0 bridgehead atoms. The third-order valence-corrected chi connectivity index (χ3v) is 5.81. The molecule has 1 fully saturated rings. The number of para-hydroxylation sites is 2. The summed E-state index contributed by atoms with van der Waals surface area (Å²) in [4.78, 5) is 21.6. The minimum atomic E-state index is 0.181. The summed E-state index contributed by atoms with van der Waals surface area (Å²) in [6.07, 6.45) is 1.16. The number of carbonyl (C=O) groups excluding carboxylic acids is 1. The summed E-state index contributed by atoms with van der Waals surface area (Å²) in [6, 6.07) is 17.8. The smallest absolute Gasteiger partial charge is 0.222 e. The van der Waals surface area contributed by atoms with Crippen LogP contribution >= 0.6 is 11.6 Å². The summed E-state index contributed by atoms with van der Waals surface area (Å²) in [5.74, 6) is 1.84. The van der Waals surface area contributed by atoms with Gasteiger partial charge in [-0.2, -0.15) is 0 Å². The molecule has 3 aromatic rings. The number of amides is 1. The van der Waals surface area contributed by atoms with Gasteiger partial charge in [0, 0.05) is 38.0 Å². The highest BCUT2D eigenvalue weighted by Crippen LogP contribution is 2.24. The Morgan fingerprint density at radius 3 is 2.60 bits per heavy atom. The molecular weight excluding hydrogens is 398 g/mol. The Morgan fingerprint density at radius 2 is 1.80 bits per heavy atom. The standard InChI is InChI=1S/C24H26ClN3O2/c1-18-17-23(26-21-9-4-2-7-19(18)21)27-12-14-28(15-13-27)24(29)11-6-16-30-22-10-5-3-8-20(22)25/h2-5,7-10,17H,6,11-16H2,1H3. The molecule has 0 spiro atoms. The number of halogens is 1. The summed E-state index contributed by atoms with van der Waals surface area (Å²) in [5, 5.41) is 1.78. The molecule has 5 nitrogen and oxygen atoms in total. The van der Waals surface area contributed by atoms with Crippen molar-refractivity contribution >= 4 is 34.2 Å². The highest BCUT2D eigenvalue weighted by atomic mass is 35.5. The molecule has 1 aliphatic rings. The molecule has 0 unspecified atom stereocenters. The molecule has 0 atom stereocenters. The second kappa shape index (κ2) is 9.35. The van der Waals surface area contributed by atoms with Crippen LogP contribution in [-0.2, 0) is 4.79 Å². The number of rotatable bonds is 6. The molecule has 0 radical (unpaired) electrons. The minimum Gasteiger partial charge on any atom is -0.492 e. The van der Waals surface area contributed by atoms with E-state index in [2.05, 4.69) is 30.0 Å².